The maximum Gasteiger partial charge on any atom is 0.316 e. The van der Waals surface area contributed by atoms with Crippen molar-refractivity contribution in [1.82, 2.24) is 4.98 Å². The highest BCUT2D eigenvalue weighted by Crippen LogP contribution is 2.22. The molecule has 0 spiro atoms. The van der Waals surface area contributed by atoms with Crippen LogP contribution in [0.1, 0.15) is 6.92 Å². The fraction of sp³-hybridized carbons (Fsp3) is 0.364. The highest BCUT2D eigenvalue weighted by Gasteiger charge is 2.21. The average molecular weight is 286 g/mol. The molecule has 0 aliphatic heterocycles. The maximum atomic E-state index is 12.0. The zero-order valence-electron chi connectivity index (χ0n) is 9.92. The second kappa shape index (κ2) is 5.19. The van der Waals surface area contributed by atoms with E-state index in [1.165, 1.54) is 0 Å². The highest BCUT2D eigenvalue weighted by atomic mass is 32.2. The fourth-order valence-corrected chi connectivity index (χ4v) is 3.72. The minimum Gasteiger partial charge on any atom is -0.428 e. The molecule has 5 nitrogen and oxygen atoms in total. The molecule has 1 aromatic carbocycles. The number of hydrogen-bond acceptors (Lipinski definition) is 6. The molecule has 18 heavy (non-hydrogen) atoms. The van der Waals surface area contributed by atoms with Crippen molar-refractivity contribution in [3.8, 4) is 0 Å². The van der Waals surface area contributed by atoms with Gasteiger partial charge in [0.1, 0.15) is 5.52 Å². The molecule has 2 aromatic rings. The SMILES string of the molecule is CCSCCS(=O)(=O)c1nc2cc(N)ccc2o1. The lowest BCUT2D eigenvalue weighted by molar-refractivity contribution is 0.459. The van der Waals surface area contributed by atoms with Crippen LogP contribution in [-0.2, 0) is 9.84 Å². The lowest BCUT2D eigenvalue weighted by atomic mass is 10.3. The zero-order valence-corrected chi connectivity index (χ0v) is 11.6. The van der Waals surface area contributed by atoms with Crippen molar-refractivity contribution in [3.63, 3.8) is 0 Å². The Bertz CT molecular complexity index is 649. The molecular weight excluding hydrogens is 272 g/mol. The Kier molecular flexibility index (Phi) is 3.82. The van der Waals surface area contributed by atoms with Gasteiger partial charge in [-0.3, -0.25) is 0 Å². The number of nitrogens with zero attached hydrogens (tertiary/aromatic N) is 1. The molecule has 1 aromatic heterocycles. The van der Waals surface area contributed by atoms with E-state index in [1.54, 1.807) is 30.0 Å². The normalized spacial score (nSPS) is 12.1. The topological polar surface area (TPSA) is 86.2 Å². The number of hydrogen-bond donors (Lipinski definition) is 1. The van der Waals surface area contributed by atoms with Crippen LogP contribution in [0.4, 0.5) is 5.69 Å². The minimum atomic E-state index is -3.45. The summed E-state index contributed by atoms with van der Waals surface area (Å²) in [4.78, 5) is 3.98. The van der Waals surface area contributed by atoms with Crippen molar-refractivity contribution in [3.05, 3.63) is 18.2 Å². The molecule has 2 N–H and O–H groups in total. The molecule has 98 valence electrons. The van der Waals surface area contributed by atoms with Crippen molar-refractivity contribution in [2.24, 2.45) is 0 Å². The molecule has 0 bridgehead atoms. The molecule has 0 atom stereocenters. The Labute approximate surface area is 110 Å². The number of nitrogen functional groups attached to an aromatic ring is 1. The summed E-state index contributed by atoms with van der Waals surface area (Å²) in [5.41, 5.74) is 7.04. The summed E-state index contributed by atoms with van der Waals surface area (Å²) in [5, 5.41) is -0.222. The Hall–Kier alpha value is -1.21. The Morgan fingerprint density at radius 2 is 2.22 bits per heavy atom. The molecule has 0 saturated heterocycles. The first kappa shape index (κ1) is 13.2. The van der Waals surface area contributed by atoms with Gasteiger partial charge >= 0.3 is 5.22 Å². The van der Waals surface area contributed by atoms with Crippen molar-refractivity contribution < 1.29 is 12.8 Å². The molecule has 0 radical (unpaired) electrons. The summed E-state index contributed by atoms with van der Waals surface area (Å²) in [5.74, 6) is 1.47. The lowest BCUT2D eigenvalue weighted by Gasteiger charge is -1.97. The summed E-state index contributed by atoms with van der Waals surface area (Å²) in [6.45, 7) is 1.99. The molecule has 0 saturated carbocycles. The quantitative estimate of drug-likeness (QED) is 0.667. The number of fused-ring (bicyclic) bond motifs is 1. The van der Waals surface area contributed by atoms with E-state index >= 15 is 0 Å². The van der Waals surface area contributed by atoms with Crippen LogP contribution in [0.25, 0.3) is 11.1 Å². The van der Waals surface area contributed by atoms with Gasteiger partial charge in [0.15, 0.2) is 5.58 Å². The van der Waals surface area contributed by atoms with E-state index in [0.717, 1.165) is 5.75 Å². The van der Waals surface area contributed by atoms with Crippen LogP contribution < -0.4 is 5.73 Å². The number of sulfone groups is 1. The third-order valence-corrected chi connectivity index (χ3v) is 4.97. The van der Waals surface area contributed by atoms with Gasteiger partial charge in [-0.2, -0.15) is 16.7 Å². The van der Waals surface area contributed by atoms with Gasteiger partial charge < -0.3 is 10.2 Å². The van der Waals surface area contributed by atoms with Gasteiger partial charge in [-0.25, -0.2) is 8.42 Å². The summed E-state index contributed by atoms with van der Waals surface area (Å²) in [6.07, 6.45) is 0. The van der Waals surface area contributed by atoms with Crippen LogP contribution >= 0.6 is 11.8 Å². The summed E-state index contributed by atoms with van der Waals surface area (Å²) in [7, 11) is -3.45. The summed E-state index contributed by atoms with van der Waals surface area (Å²) >= 11 is 1.57. The predicted molar refractivity (Wildman–Crippen MR) is 73.5 cm³/mol. The second-order valence-corrected chi connectivity index (χ2v) is 7.10. The Morgan fingerprint density at radius 1 is 1.44 bits per heavy atom. The maximum absolute atomic E-state index is 12.0. The average Bonchev–Trinajstić information content (AvgIpc) is 2.72. The largest absolute Gasteiger partial charge is 0.428 e. The van der Waals surface area contributed by atoms with Crippen LogP contribution in [0.15, 0.2) is 27.8 Å². The van der Waals surface area contributed by atoms with Crippen molar-refractivity contribution in [2.45, 2.75) is 12.1 Å². The number of anilines is 1. The smallest absolute Gasteiger partial charge is 0.316 e. The van der Waals surface area contributed by atoms with Crippen LogP contribution in [0, 0.1) is 0 Å². The number of rotatable bonds is 5. The van der Waals surface area contributed by atoms with Crippen LogP contribution in [0.5, 0.6) is 0 Å². The molecule has 0 amide bonds. The third kappa shape index (κ3) is 2.78. The second-order valence-electron chi connectivity index (χ2n) is 3.72. The van der Waals surface area contributed by atoms with Gasteiger partial charge in [0, 0.05) is 11.4 Å². The molecule has 0 fully saturated rings. The molecule has 0 aliphatic rings. The first-order valence-electron chi connectivity index (χ1n) is 5.49. The third-order valence-electron chi connectivity index (χ3n) is 2.36. The van der Waals surface area contributed by atoms with Crippen molar-refractivity contribution >= 4 is 38.4 Å². The highest BCUT2D eigenvalue weighted by molar-refractivity contribution is 8.00. The first-order valence-corrected chi connectivity index (χ1v) is 8.30. The molecule has 1 heterocycles. The van der Waals surface area contributed by atoms with E-state index in [4.69, 9.17) is 10.2 Å². The van der Waals surface area contributed by atoms with E-state index in [1.807, 2.05) is 6.92 Å². The Balaban J connectivity index is 2.30. The number of nitrogens with two attached hydrogens (primary N) is 1. The predicted octanol–water partition coefficient (Wildman–Crippen LogP) is 1.94. The van der Waals surface area contributed by atoms with E-state index in [2.05, 4.69) is 4.98 Å². The minimum absolute atomic E-state index is 0.0355. The van der Waals surface area contributed by atoms with Gasteiger partial charge in [0.2, 0.25) is 9.84 Å². The first-order chi connectivity index (χ1) is 8.53. The standard InChI is InChI=1S/C11H14N2O3S2/c1-2-17-5-6-18(14,15)11-13-9-7-8(12)3-4-10(9)16-11/h3-4,7H,2,5-6,12H2,1H3. The van der Waals surface area contributed by atoms with E-state index in [-0.39, 0.29) is 11.0 Å². The van der Waals surface area contributed by atoms with Gasteiger partial charge in [0.05, 0.1) is 5.75 Å². The number of aromatic nitrogens is 1. The number of oxazole rings is 1. The van der Waals surface area contributed by atoms with Gasteiger partial charge in [-0.05, 0) is 24.0 Å². The fourth-order valence-electron chi connectivity index (χ4n) is 1.46. The number of benzene rings is 1. The molecule has 7 heteroatoms. The van der Waals surface area contributed by atoms with Gasteiger partial charge in [0.25, 0.3) is 0 Å². The van der Waals surface area contributed by atoms with E-state index in [9.17, 15) is 8.42 Å². The van der Waals surface area contributed by atoms with Crippen LogP contribution in [0.3, 0.4) is 0 Å². The van der Waals surface area contributed by atoms with Crippen LogP contribution in [-0.4, -0.2) is 30.7 Å². The molecular formula is C11H14N2O3S2. The number of thioether (sulfide) groups is 1. The molecule has 0 unspecified atom stereocenters. The monoisotopic (exact) mass is 286 g/mol. The van der Waals surface area contributed by atoms with Crippen LogP contribution in [0.2, 0.25) is 0 Å². The Morgan fingerprint density at radius 3 is 2.94 bits per heavy atom. The van der Waals surface area contributed by atoms with E-state index in [0.29, 0.717) is 22.5 Å². The van der Waals surface area contributed by atoms with E-state index < -0.39 is 9.84 Å². The van der Waals surface area contributed by atoms with Gasteiger partial charge in [-0.1, -0.05) is 6.92 Å². The van der Waals surface area contributed by atoms with Crippen molar-refractivity contribution in [2.75, 3.05) is 23.0 Å². The lowest BCUT2D eigenvalue weighted by Crippen LogP contribution is -2.09. The zero-order chi connectivity index (χ0) is 13.2. The summed E-state index contributed by atoms with van der Waals surface area (Å²) in [6, 6.07) is 4.87. The van der Waals surface area contributed by atoms with Gasteiger partial charge in [-0.15, -0.1) is 0 Å². The summed E-state index contributed by atoms with van der Waals surface area (Å²) < 4.78 is 29.2. The molecule has 2 rings (SSSR count). The van der Waals surface area contributed by atoms with Crippen molar-refractivity contribution in [1.29, 1.82) is 0 Å². The molecule has 0 aliphatic carbocycles.